The van der Waals surface area contributed by atoms with Crippen molar-refractivity contribution in [1.29, 1.82) is 0 Å². The number of ether oxygens (including phenoxy) is 1. The molecular weight excluding hydrogens is 971 g/mol. The first-order valence-electron chi connectivity index (χ1n) is 25.7. The molecule has 0 unspecified atom stereocenters. The topological polar surface area (TPSA) is 134 Å². The molecule has 1 aliphatic heterocycles. The van der Waals surface area contributed by atoms with Crippen molar-refractivity contribution in [2.24, 2.45) is 5.92 Å². The van der Waals surface area contributed by atoms with Gasteiger partial charge in [0.2, 0.25) is 17.7 Å². The Hall–Kier alpha value is -7.18. The van der Waals surface area contributed by atoms with Crippen LogP contribution in [0.15, 0.2) is 224 Å². The SMILES string of the molecule is CC(C)[C@H]1NC(=O)[C@@H](CSC(c2ccccc2)(c2ccccc2)c2ccccc2)NC(=O)[C@H](Cc2ccccc2)NC(=O)C[C@H](/C=C/CCSC(c2ccccc2)(c2ccccc2)c2ccccc2)OC(=O)C[C@@H]1O. The van der Waals surface area contributed by atoms with Crippen LogP contribution in [0, 0.1) is 5.92 Å². The van der Waals surface area contributed by atoms with Crippen LogP contribution < -0.4 is 16.0 Å². The molecule has 0 aromatic heterocycles. The summed E-state index contributed by atoms with van der Waals surface area (Å²) in [5.41, 5.74) is 7.12. The molecular formula is C64H65N3O6S2. The second-order valence-corrected chi connectivity index (χ2v) is 21.6. The number of hydrogen-bond donors (Lipinski definition) is 4. The van der Waals surface area contributed by atoms with E-state index < -0.39 is 69.9 Å². The van der Waals surface area contributed by atoms with Crippen LogP contribution in [-0.2, 0) is 39.8 Å². The van der Waals surface area contributed by atoms with Crippen LogP contribution in [0.1, 0.15) is 72.1 Å². The van der Waals surface area contributed by atoms with E-state index >= 15 is 0 Å². The summed E-state index contributed by atoms with van der Waals surface area (Å²) in [6.45, 7) is 3.71. The normalized spacial score (nSPS) is 19.3. The Morgan fingerprint density at radius 2 is 0.933 bits per heavy atom. The summed E-state index contributed by atoms with van der Waals surface area (Å²) in [5, 5.41) is 20.8. The van der Waals surface area contributed by atoms with Gasteiger partial charge in [-0.15, -0.1) is 23.5 Å². The highest BCUT2D eigenvalue weighted by Gasteiger charge is 2.41. The zero-order valence-electron chi connectivity index (χ0n) is 42.4. The van der Waals surface area contributed by atoms with E-state index in [0.29, 0.717) is 12.2 Å². The Labute approximate surface area is 450 Å². The minimum atomic E-state index is -1.35. The highest BCUT2D eigenvalue weighted by molar-refractivity contribution is 8.00. The van der Waals surface area contributed by atoms with E-state index in [9.17, 15) is 24.3 Å². The molecule has 7 aromatic carbocycles. The molecule has 384 valence electrons. The van der Waals surface area contributed by atoms with Gasteiger partial charge in [-0.05, 0) is 63.1 Å². The summed E-state index contributed by atoms with van der Waals surface area (Å²) >= 11 is 3.30. The third kappa shape index (κ3) is 13.6. The molecule has 9 nitrogen and oxygen atoms in total. The number of thioether (sulfide) groups is 2. The molecule has 8 rings (SSSR count). The molecule has 1 heterocycles. The number of aliphatic hydroxyl groups excluding tert-OH is 1. The highest BCUT2D eigenvalue weighted by Crippen LogP contribution is 2.50. The van der Waals surface area contributed by atoms with Crippen LogP contribution >= 0.6 is 23.5 Å². The maximum atomic E-state index is 14.9. The van der Waals surface area contributed by atoms with Gasteiger partial charge in [-0.1, -0.05) is 232 Å². The Bertz CT molecular complexity index is 2740. The number of nitrogens with one attached hydrogen (secondary N) is 3. The maximum absolute atomic E-state index is 14.9. The van der Waals surface area contributed by atoms with Crippen LogP contribution in [0.3, 0.4) is 0 Å². The van der Waals surface area contributed by atoms with Gasteiger partial charge in [0.25, 0.3) is 0 Å². The summed E-state index contributed by atoms with van der Waals surface area (Å²) in [6.07, 6.45) is 1.22. The molecule has 0 saturated carbocycles. The molecule has 5 atom stereocenters. The van der Waals surface area contributed by atoms with Gasteiger partial charge in [0.1, 0.15) is 18.2 Å². The van der Waals surface area contributed by atoms with Gasteiger partial charge in [-0.3, -0.25) is 19.2 Å². The van der Waals surface area contributed by atoms with Crippen LogP contribution in [0.5, 0.6) is 0 Å². The maximum Gasteiger partial charge on any atom is 0.309 e. The molecule has 1 aliphatic rings. The first-order chi connectivity index (χ1) is 36.6. The van der Waals surface area contributed by atoms with E-state index in [-0.39, 0.29) is 24.5 Å². The number of hydrogen-bond acceptors (Lipinski definition) is 8. The molecule has 3 amide bonds. The van der Waals surface area contributed by atoms with Crippen molar-refractivity contribution >= 4 is 47.2 Å². The molecule has 75 heavy (non-hydrogen) atoms. The lowest BCUT2D eigenvalue weighted by Crippen LogP contribution is -2.58. The van der Waals surface area contributed by atoms with E-state index in [4.69, 9.17) is 4.74 Å². The Kier molecular flexibility index (Phi) is 19.0. The highest BCUT2D eigenvalue weighted by atomic mass is 32.2. The zero-order valence-corrected chi connectivity index (χ0v) is 44.0. The fraction of sp³-hybridized carbons (Fsp3) is 0.250. The summed E-state index contributed by atoms with van der Waals surface area (Å²) < 4.78 is 4.64. The van der Waals surface area contributed by atoms with Crippen molar-refractivity contribution in [2.75, 3.05) is 11.5 Å². The van der Waals surface area contributed by atoms with E-state index in [2.05, 4.69) is 125 Å². The summed E-state index contributed by atoms with van der Waals surface area (Å²) in [7, 11) is 0. The fourth-order valence-electron chi connectivity index (χ4n) is 9.86. The Morgan fingerprint density at radius 1 is 0.533 bits per heavy atom. The van der Waals surface area contributed by atoms with E-state index in [1.54, 1.807) is 17.8 Å². The van der Waals surface area contributed by atoms with E-state index in [1.165, 1.54) is 11.8 Å². The summed E-state index contributed by atoms with van der Waals surface area (Å²) in [4.78, 5) is 57.9. The Balaban J connectivity index is 1.09. The lowest BCUT2D eigenvalue weighted by Gasteiger charge is -2.37. The molecule has 0 radical (unpaired) electrons. The Morgan fingerprint density at radius 3 is 1.36 bits per heavy atom. The largest absolute Gasteiger partial charge is 0.457 e. The molecule has 4 N–H and O–H groups in total. The van der Waals surface area contributed by atoms with E-state index in [0.717, 1.165) is 38.9 Å². The van der Waals surface area contributed by atoms with Crippen molar-refractivity contribution < 1.29 is 29.0 Å². The van der Waals surface area contributed by atoms with Crippen molar-refractivity contribution in [3.63, 3.8) is 0 Å². The molecule has 0 bridgehead atoms. The first kappa shape index (κ1) is 54.1. The second-order valence-electron chi connectivity index (χ2n) is 19.1. The quantitative estimate of drug-likeness (QED) is 0.0307. The van der Waals surface area contributed by atoms with Crippen LogP contribution in [0.25, 0.3) is 0 Å². The van der Waals surface area contributed by atoms with Gasteiger partial charge >= 0.3 is 5.97 Å². The lowest BCUT2D eigenvalue weighted by molar-refractivity contribution is -0.151. The number of carbonyl (C=O) groups is 4. The predicted octanol–water partition coefficient (Wildman–Crippen LogP) is 10.8. The average Bonchev–Trinajstić information content (AvgIpc) is 3.44. The van der Waals surface area contributed by atoms with E-state index in [1.807, 2.05) is 123 Å². The number of esters is 1. The number of rotatable bonds is 17. The van der Waals surface area contributed by atoms with Gasteiger partial charge in [0.15, 0.2) is 0 Å². The van der Waals surface area contributed by atoms with Crippen molar-refractivity contribution in [2.45, 2.75) is 79.4 Å². The average molecular weight is 1040 g/mol. The van der Waals surface area contributed by atoms with Crippen LogP contribution in [0.2, 0.25) is 0 Å². The van der Waals surface area contributed by atoms with Gasteiger partial charge in [-0.25, -0.2) is 0 Å². The number of carbonyl (C=O) groups excluding carboxylic acids is 4. The number of amides is 3. The van der Waals surface area contributed by atoms with Crippen molar-refractivity contribution in [3.8, 4) is 0 Å². The summed E-state index contributed by atoms with van der Waals surface area (Å²) in [6, 6.07) is 67.7. The third-order valence-corrected chi connectivity index (χ3v) is 16.8. The van der Waals surface area contributed by atoms with Gasteiger partial charge in [-0.2, -0.15) is 0 Å². The first-order valence-corrected chi connectivity index (χ1v) is 27.6. The smallest absolute Gasteiger partial charge is 0.309 e. The number of aliphatic hydroxyl groups is 1. The monoisotopic (exact) mass is 1040 g/mol. The molecule has 0 spiro atoms. The molecule has 7 aromatic rings. The predicted molar refractivity (Wildman–Crippen MR) is 303 cm³/mol. The van der Waals surface area contributed by atoms with Gasteiger partial charge in [0.05, 0.1) is 34.5 Å². The standard InChI is InChI=1S/C64H65N3O6S2/c1-46(2)60-57(68)44-59(70)73-54(40-24-25-41-74-63(48-28-12-4-13-29-48,49-30-14-5-15-31-49)50-32-16-6-17-33-50)43-58(69)65-55(42-47-26-10-3-11-27-47)61(71)66-56(62(72)67-60)45-75-64(51-34-18-7-19-35-51,52-36-20-8-21-37-52)53-38-22-9-23-39-53/h3-24,26-40,46,54-57,60,68H,25,41-45H2,1-2H3,(H,65,69)(H,66,71)(H,67,72)/b40-24+/t54-,55-,56+,57-,60+/m0/s1. The fourth-order valence-corrected chi connectivity index (χ4v) is 12.9. The molecule has 1 saturated heterocycles. The molecule has 0 aliphatic carbocycles. The van der Waals surface area contributed by atoms with Crippen molar-refractivity contribution in [3.05, 3.63) is 263 Å². The number of cyclic esters (lactones) is 1. The van der Waals surface area contributed by atoms with Crippen LogP contribution in [0.4, 0.5) is 0 Å². The molecule has 11 heteroatoms. The minimum Gasteiger partial charge on any atom is -0.457 e. The summed E-state index contributed by atoms with van der Waals surface area (Å²) in [5.74, 6) is -1.94. The van der Waals surface area contributed by atoms with Gasteiger partial charge < -0.3 is 25.8 Å². The third-order valence-electron chi connectivity index (χ3n) is 13.6. The van der Waals surface area contributed by atoms with Crippen LogP contribution in [-0.4, -0.2) is 70.6 Å². The number of benzene rings is 7. The second kappa shape index (κ2) is 26.3. The van der Waals surface area contributed by atoms with Gasteiger partial charge in [0, 0.05) is 12.2 Å². The zero-order chi connectivity index (χ0) is 52.5. The lowest BCUT2D eigenvalue weighted by atomic mass is 9.84. The minimum absolute atomic E-state index is 0.0829. The molecule has 1 fully saturated rings. The number of allylic oxidation sites excluding steroid dienone is 1. The van der Waals surface area contributed by atoms with Crippen molar-refractivity contribution in [1.82, 2.24) is 16.0 Å².